The van der Waals surface area contributed by atoms with Gasteiger partial charge >= 0.3 is 0 Å². The Bertz CT molecular complexity index is 1210. The summed E-state index contributed by atoms with van der Waals surface area (Å²) in [6.45, 7) is 4.14. The van der Waals surface area contributed by atoms with Crippen molar-refractivity contribution in [3.8, 4) is 22.9 Å². The Labute approximate surface area is 175 Å². The molecule has 1 fully saturated rings. The van der Waals surface area contributed by atoms with Crippen molar-refractivity contribution in [2.75, 3.05) is 12.8 Å². The summed E-state index contributed by atoms with van der Waals surface area (Å²) in [4.78, 5) is 6.70. The van der Waals surface area contributed by atoms with Crippen molar-refractivity contribution in [2.24, 2.45) is 7.05 Å². The summed E-state index contributed by atoms with van der Waals surface area (Å²) in [5.41, 5.74) is 12.8. The van der Waals surface area contributed by atoms with Gasteiger partial charge in [-0.05, 0) is 44.5 Å². The maximum atomic E-state index is 9.80. The Kier molecular flexibility index (Phi) is 4.09. The molecule has 2 N–H and O–H groups in total. The molecular weight excluding hydrogens is 376 g/mol. The van der Waals surface area contributed by atoms with Crippen LogP contribution in [-0.4, -0.2) is 26.7 Å². The van der Waals surface area contributed by atoms with Crippen molar-refractivity contribution in [1.29, 1.82) is 5.26 Å². The van der Waals surface area contributed by atoms with E-state index in [-0.39, 0.29) is 18.2 Å². The van der Waals surface area contributed by atoms with E-state index in [0.717, 1.165) is 28.8 Å². The van der Waals surface area contributed by atoms with E-state index in [1.807, 2.05) is 20.0 Å². The molecule has 2 aromatic heterocycles. The van der Waals surface area contributed by atoms with Crippen LogP contribution in [0.4, 0.5) is 5.82 Å². The number of fused-ring (bicyclic) bond motifs is 1. The SMILES string of the molecule is Cc1ccc2c(c1)[C@@H](C)Oc1cc(cnc1N)-c1c(nn(C)c1C#N)C1CC2N1C. The standard InChI is InChI=1S/C23H24N6O/c1-12-5-6-15-16(7-12)13(2)30-20-8-14(11-26-23(20)25)21-19(10-24)29(4)27-22(21)18-9-17(15)28(18)3/h5-8,11,13,17-18H,9H2,1-4H3,(H2,25,26)/t13-,17?,18?/m1/s1. The molecule has 0 saturated carbocycles. The predicted molar refractivity (Wildman–Crippen MR) is 114 cm³/mol. The van der Waals surface area contributed by atoms with Gasteiger partial charge in [0.2, 0.25) is 0 Å². The Hall–Kier alpha value is -3.37. The van der Waals surface area contributed by atoms with Crippen LogP contribution >= 0.6 is 0 Å². The van der Waals surface area contributed by atoms with E-state index in [2.05, 4.69) is 48.1 Å². The Morgan fingerprint density at radius 3 is 2.73 bits per heavy atom. The van der Waals surface area contributed by atoms with Crippen LogP contribution in [0.1, 0.15) is 59.6 Å². The zero-order chi connectivity index (χ0) is 21.2. The number of nitrogens with two attached hydrogens (primary N) is 1. The lowest BCUT2D eigenvalue weighted by Crippen LogP contribution is -2.42. The molecule has 0 radical (unpaired) electrons. The predicted octanol–water partition coefficient (Wildman–Crippen LogP) is 3.82. The van der Waals surface area contributed by atoms with Gasteiger partial charge in [0.1, 0.15) is 17.9 Å². The fourth-order valence-corrected chi connectivity index (χ4v) is 4.75. The highest BCUT2D eigenvalue weighted by atomic mass is 16.5. The van der Waals surface area contributed by atoms with Gasteiger partial charge in [-0.1, -0.05) is 23.8 Å². The van der Waals surface area contributed by atoms with Gasteiger partial charge in [-0.25, -0.2) is 4.98 Å². The van der Waals surface area contributed by atoms with E-state index in [4.69, 9.17) is 15.6 Å². The van der Waals surface area contributed by atoms with Crippen LogP contribution in [0.25, 0.3) is 11.1 Å². The van der Waals surface area contributed by atoms with Crippen LogP contribution in [0, 0.1) is 18.3 Å². The number of aromatic nitrogens is 3. The quantitative estimate of drug-likeness (QED) is 0.617. The number of nitrogens with zero attached hydrogens (tertiary/aromatic N) is 5. The summed E-state index contributed by atoms with van der Waals surface area (Å²) < 4.78 is 7.97. The van der Waals surface area contributed by atoms with Gasteiger partial charge in [-0.2, -0.15) is 10.4 Å². The summed E-state index contributed by atoms with van der Waals surface area (Å²) in [5.74, 6) is 0.858. The molecule has 1 aromatic carbocycles. The third kappa shape index (κ3) is 2.61. The number of benzene rings is 1. The monoisotopic (exact) mass is 400 g/mol. The normalized spacial score (nSPS) is 22.4. The van der Waals surface area contributed by atoms with E-state index in [1.54, 1.807) is 10.9 Å². The lowest BCUT2D eigenvalue weighted by Gasteiger charge is -2.47. The van der Waals surface area contributed by atoms with E-state index in [9.17, 15) is 5.26 Å². The molecule has 2 unspecified atom stereocenters. The van der Waals surface area contributed by atoms with Crippen LogP contribution in [0.5, 0.6) is 5.75 Å². The summed E-state index contributed by atoms with van der Waals surface area (Å²) in [7, 11) is 3.93. The topological polar surface area (TPSA) is 93.0 Å². The number of nitriles is 1. The highest BCUT2D eigenvalue weighted by molar-refractivity contribution is 5.74. The minimum absolute atomic E-state index is 0.129. The molecule has 6 rings (SSSR count). The van der Waals surface area contributed by atoms with Gasteiger partial charge in [-0.3, -0.25) is 9.58 Å². The van der Waals surface area contributed by atoms with Crippen LogP contribution in [0.15, 0.2) is 30.5 Å². The number of pyridine rings is 1. The van der Waals surface area contributed by atoms with E-state index in [0.29, 0.717) is 17.3 Å². The van der Waals surface area contributed by atoms with Crippen molar-refractivity contribution in [2.45, 2.75) is 38.5 Å². The second kappa shape index (κ2) is 6.57. The first-order chi connectivity index (χ1) is 14.4. The summed E-state index contributed by atoms with van der Waals surface area (Å²) in [6.07, 6.45) is 2.45. The molecule has 7 heteroatoms. The maximum absolute atomic E-state index is 9.80. The molecule has 0 spiro atoms. The van der Waals surface area contributed by atoms with E-state index in [1.165, 1.54) is 11.1 Å². The van der Waals surface area contributed by atoms with Crippen molar-refractivity contribution >= 4 is 5.82 Å². The lowest BCUT2D eigenvalue weighted by molar-refractivity contribution is 0.0375. The zero-order valence-electron chi connectivity index (χ0n) is 17.5. The Morgan fingerprint density at radius 1 is 1.20 bits per heavy atom. The first-order valence-electron chi connectivity index (χ1n) is 10.1. The molecule has 3 aliphatic rings. The molecule has 4 bridgehead atoms. The largest absolute Gasteiger partial charge is 0.482 e. The highest BCUT2D eigenvalue weighted by Crippen LogP contribution is 2.51. The second-order valence-electron chi connectivity index (χ2n) is 8.28. The average molecular weight is 400 g/mol. The van der Waals surface area contributed by atoms with Gasteiger partial charge in [0.15, 0.2) is 11.6 Å². The molecule has 7 nitrogen and oxygen atoms in total. The number of hydrogen-bond donors (Lipinski definition) is 1. The number of ether oxygens (including phenoxy) is 1. The van der Waals surface area contributed by atoms with Crippen molar-refractivity contribution < 1.29 is 4.74 Å². The van der Waals surface area contributed by atoms with Gasteiger partial charge in [0.25, 0.3) is 0 Å². The van der Waals surface area contributed by atoms with Crippen LogP contribution in [-0.2, 0) is 7.05 Å². The summed E-state index contributed by atoms with van der Waals surface area (Å²) in [5, 5.41) is 14.5. The van der Waals surface area contributed by atoms with E-state index >= 15 is 0 Å². The fraction of sp³-hybridized carbons (Fsp3) is 0.348. The van der Waals surface area contributed by atoms with Crippen LogP contribution in [0.2, 0.25) is 0 Å². The third-order valence-corrected chi connectivity index (χ3v) is 6.44. The number of aryl methyl sites for hydroxylation is 2. The third-order valence-electron chi connectivity index (χ3n) is 6.44. The molecule has 3 aliphatic heterocycles. The number of anilines is 1. The van der Waals surface area contributed by atoms with Gasteiger partial charge < -0.3 is 10.5 Å². The van der Waals surface area contributed by atoms with Gasteiger partial charge in [-0.15, -0.1) is 0 Å². The molecule has 0 amide bonds. The lowest BCUT2D eigenvalue weighted by atomic mass is 9.81. The molecule has 5 heterocycles. The molecule has 0 aliphatic carbocycles. The molecule has 152 valence electrons. The minimum atomic E-state index is -0.185. The number of nitrogen functional groups attached to an aromatic ring is 1. The number of hydrogen-bond acceptors (Lipinski definition) is 6. The zero-order valence-corrected chi connectivity index (χ0v) is 17.5. The van der Waals surface area contributed by atoms with Gasteiger partial charge in [0.05, 0.1) is 11.7 Å². The molecular formula is C23H24N6O. The smallest absolute Gasteiger partial charge is 0.166 e. The Balaban J connectivity index is 1.77. The Morgan fingerprint density at radius 2 is 2.00 bits per heavy atom. The first kappa shape index (κ1) is 18.6. The molecule has 3 atom stereocenters. The maximum Gasteiger partial charge on any atom is 0.166 e. The first-order valence-corrected chi connectivity index (χ1v) is 10.1. The second-order valence-corrected chi connectivity index (χ2v) is 8.28. The van der Waals surface area contributed by atoms with E-state index < -0.39 is 0 Å². The fourth-order valence-electron chi connectivity index (χ4n) is 4.75. The highest BCUT2D eigenvalue weighted by Gasteiger charge is 2.42. The minimum Gasteiger partial charge on any atom is -0.482 e. The summed E-state index contributed by atoms with van der Waals surface area (Å²) >= 11 is 0. The van der Waals surface area contributed by atoms with Crippen molar-refractivity contribution in [1.82, 2.24) is 19.7 Å². The molecule has 3 aromatic rings. The van der Waals surface area contributed by atoms with Crippen LogP contribution in [0.3, 0.4) is 0 Å². The van der Waals surface area contributed by atoms with Crippen molar-refractivity contribution in [3.05, 3.63) is 58.5 Å². The van der Waals surface area contributed by atoms with Gasteiger partial charge in [0, 0.05) is 30.4 Å². The average Bonchev–Trinajstić information content (AvgIpc) is 3.04. The van der Waals surface area contributed by atoms with Crippen molar-refractivity contribution in [3.63, 3.8) is 0 Å². The van der Waals surface area contributed by atoms with Crippen LogP contribution < -0.4 is 10.5 Å². The molecule has 30 heavy (non-hydrogen) atoms. The molecule has 1 saturated heterocycles. The summed E-state index contributed by atoms with van der Waals surface area (Å²) in [6, 6.07) is 11.1. The number of rotatable bonds is 0.